The molecular formula is C50H80O6. The first-order valence-electron chi connectivity index (χ1n) is 22.3. The monoisotopic (exact) mass is 777 g/mol. The molecule has 0 saturated heterocycles. The fourth-order valence-electron chi connectivity index (χ4n) is 5.44. The van der Waals surface area contributed by atoms with Crippen LogP contribution in [0.2, 0.25) is 0 Å². The van der Waals surface area contributed by atoms with Crippen molar-refractivity contribution in [3.8, 4) is 0 Å². The zero-order chi connectivity index (χ0) is 40.8. The zero-order valence-corrected chi connectivity index (χ0v) is 35.9. The second kappa shape index (κ2) is 44.0. The van der Waals surface area contributed by atoms with Gasteiger partial charge in [0.15, 0.2) is 6.10 Å². The number of allylic oxidation sites excluding steroid dienone is 16. The predicted molar refractivity (Wildman–Crippen MR) is 237 cm³/mol. The van der Waals surface area contributed by atoms with Gasteiger partial charge in [0.25, 0.3) is 0 Å². The van der Waals surface area contributed by atoms with E-state index in [0.717, 1.165) is 116 Å². The molecule has 0 heterocycles. The lowest BCUT2D eigenvalue weighted by Gasteiger charge is -2.18. The minimum absolute atomic E-state index is 0.115. The van der Waals surface area contributed by atoms with Gasteiger partial charge in [0.1, 0.15) is 13.2 Å². The Morgan fingerprint density at radius 3 is 1.16 bits per heavy atom. The second-order valence-corrected chi connectivity index (χ2v) is 14.3. The molecule has 0 rings (SSSR count). The van der Waals surface area contributed by atoms with Crippen molar-refractivity contribution in [2.45, 2.75) is 187 Å². The molecule has 316 valence electrons. The number of hydrogen-bond donors (Lipinski definition) is 0. The average Bonchev–Trinajstić information content (AvgIpc) is 3.19. The molecule has 0 N–H and O–H groups in total. The maximum absolute atomic E-state index is 12.7. The van der Waals surface area contributed by atoms with Gasteiger partial charge in [-0.25, -0.2) is 0 Å². The highest BCUT2D eigenvalue weighted by atomic mass is 16.6. The first kappa shape index (κ1) is 52.3. The molecule has 0 aromatic carbocycles. The van der Waals surface area contributed by atoms with Crippen LogP contribution in [0, 0.1) is 0 Å². The number of esters is 3. The summed E-state index contributed by atoms with van der Waals surface area (Å²) in [5.41, 5.74) is 0. The van der Waals surface area contributed by atoms with Crippen LogP contribution in [-0.2, 0) is 28.6 Å². The van der Waals surface area contributed by atoms with Crippen LogP contribution >= 0.6 is 0 Å². The Morgan fingerprint density at radius 2 is 0.750 bits per heavy atom. The van der Waals surface area contributed by atoms with Crippen molar-refractivity contribution < 1.29 is 28.6 Å². The Bertz CT molecular complexity index is 1170. The van der Waals surface area contributed by atoms with Crippen molar-refractivity contribution in [3.63, 3.8) is 0 Å². The minimum Gasteiger partial charge on any atom is -0.462 e. The molecule has 0 aromatic rings. The van der Waals surface area contributed by atoms with Crippen LogP contribution in [-0.4, -0.2) is 37.2 Å². The van der Waals surface area contributed by atoms with Gasteiger partial charge >= 0.3 is 17.9 Å². The lowest BCUT2D eigenvalue weighted by Crippen LogP contribution is -2.30. The van der Waals surface area contributed by atoms with Gasteiger partial charge in [-0.1, -0.05) is 163 Å². The summed E-state index contributed by atoms with van der Waals surface area (Å²) in [5.74, 6) is -1.01. The molecule has 0 fully saturated rings. The van der Waals surface area contributed by atoms with E-state index in [1.807, 2.05) is 0 Å². The highest BCUT2D eigenvalue weighted by molar-refractivity contribution is 5.71. The van der Waals surface area contributed by atoms with E-state index < -0.39 is 6.10 Å². The molecule has 1 unspecified atom stereocenters. The Morgan fingerprint density at radius 1 is 0.393 bits per heavy atom. The van der Waals surface area contributed by atoms with E-state index in [1.165, 1.54) is 25.7 Å². The van der Waals surface area contributed by atoms with E-state index in [2.05, 4.69) is 118 Å². The summed E-state index contributed by atoms with van der Waals surface area (Å²) in [4.78, 5) is 37.7. The van der Waals surface area contributed by atoms with E-state index in [0.29, 0.717) is 12.8 Å². The summed E-state index contributed by atoms with van der Waals surface area (Å²) in [6.07, 6.45) is 56.8. The van der Waals surface area contributed by atoms with Gasteiger partial charge in [-0.3, -0.25) is 14.4 Å². The van der Waals surface area contributed by atoms with E-state index in [-0.39, 0.29) is 37.5 Å². The summed E-state index contributed by atoms with van der Waals surface area (Å²) in [6.45, 7) is 6.30. The van der Waals surface area contributed by atoms with Crippen LogP contribution in [0.1, 0.15) is 181 Å². The number of hydrogen-bond acceptors (Lipinski definition) is 6. The summed E-state index contributed by atoms with van der Waals surface area (Å²) in [6, 6.07) is 0. The molecule has 0 aliphatic heterocycles. The molecule has 0 saturated carbocycles. The lowest BCUT2D eigenvalue weighted by molar-refractivity contribution is -0.167. The fourth-order valence-corrected chi connectivity index (χ4v) is 5.44. The van der Waals surface area contributed by atoms with Gasteiger partial charge in [0.2, 0.25) is 0 Å². The van der Waals surface area contributed by atoms with Gasteiger partial charge in [-0.05, 0) is 96.3 Å². The lowest BCUT2D eigenvalue weighted by atomic mass is 10.1. The van der Waals surface area contributed by atoms with Gasteiger partial charge < -0.3 is 14.2 Å². The largest absolute Gasteiger partial charge is 0.462 e. The molecule has 6 heteroatoms. The van der Waals surface area contributed by atoms with E-state index in [9.17, 15) is 14.4 Å². The average molecular weight is 777 g/mol. The smallest absolute Gasteiger partial charge is 0.306 e. The molecule has 0 aliphatic carbocycles. The topological polar surface area (TPSA) is 78.9 Å². The first-order valence-corrected chi connectivity index (χ1v) is 22.3. The van der Waals surface area contributed by atoms with Crippen LogP contribution in [0.4, 0.5) is 0 Å². The number of ether oxygens (including phenoxy) is 3. The van der Waals surface area contributed by atoms with Crippen molar-refractivity contribution in [3.05, 3.63) is 97.2 Å². The quantitative estimate of drug-likeness (QED) is 0.0204. The Labute approximate surface area is 343 Å². The highest BCUT2D eigenvalue weighted by Gasteiger charge is 2.19. The summed E-state index contributed by atoms with van der Waals surface area (Å²) < 4.78 is 16.6. The van der Waals surface area contributed by atoms with Gasteiger partial charge in [-0.2, -0.15) is 0 Å². The van der Waals surface area contributed by atoms with Crippen molar-refractivity contribution in [2.24, 2.45) is 0 Å². The van der Waals surface area contributed by atoms with Gasteiger partial charge in [0, 0.05) is 19.3 Å². The number of carbonyl (C=O) groups excluding carboxylic acids is 3. The van der Waals surface area contributed by atoms with Crippen molar-refractivity contribution >= 4 is 17.9 Å². The van der Waals surface area contributed by atoms with E-state index in [1.54, 1.807) is 0 Å². The summed E-state index contributed by atoms with van der Waals surface area (Å²) in [5, 5.41) is 0. The molecule has 0 radical (unpaired) electrons. The molecule has 0 bridgehead atoms. The maximum atomic E-state index is 12.7. The van der Waals surface area contributed by atoms with Gasteiger partial charge in [-0.15, -0.1) is 0 Å². The molecule has 1 atom stereocenters. The molecule has 0 aromatic heterocycles. The highest BCUT2D eigenvalue weighted by Crippen LogP contribution is 2.11. The SMILES string of the molecule is CC/C=C\C/C=C\C/C=C\C/C=C\CCCCCC(=O)OCC(COC(=O)CCCCC/C=C\C=C/CCCC)OC(=O)CCCCC/C=C\C=C/CCCC. The number of carbonyl (C=O) groups is 3. The minimum atomic E-state index is -0.813. The van der Waals surface area contributed by atoms with Crippen LogP contribution in [0.15, 0.2) is 97.2 Å². The summed E-state index contributed by atoms with van der Waals surface area (Å²) >= 11 is 0. The Kier molecular flexibility index (Phi) is 41.2. The first-order chi connectivity index (χ1) is 27.5. The maximum Gasteiger partial charge on any atom is 0.306 e. The van der Waals surface area contributed by atoms with Crippen LogP contribution < -0.4 is 0 Å². The third-order valence-electron chi connectivity index (χ3n) is 8.85. The fraction of sp³-hybridized carbons (Fsp3) is 0.620. The number of rotatable bonds is 38. The van der Waals surface area contributed by atoms with Crippen LogP contribution in [0.5, 0.6) is 0 Å². The molecule has 0 spiro atoms. The van der Waals surface area contributed by atoms with E-state index >= 15 is 0 Å². The third kappa shape index (κ3) is 41.5. The van der Waals surface area contributed by atoms with Gasteiger partial charge in [0.05, 0.1) is 0 Å². The Hall–Kier alpha value is -3.67. The van der Waals surface area contributed by atoms with E-state index in [4.69, 9.17) is 14.2 Å². The molecule has 6 nitrogen and oxygen atoms in total. The Balaban J connectivity index is 4.52. The third-order valence-corrected chi connectivity index (χ3v) is 8.85. The zero-order valence-electron chi connectivity index (χ0n) is 35.9. The summed E-state index contributed by atoms with van der Waals surface area (Å²) in [7, 11) is 0. The molecular weight excluding hydrogens is 697 g/mol. The molecule has 56 heavy (non-hydrogen) atoms. The standard InChI is InChI=1S/C50H80O6/c1-4-7-10-13-16-19-22-23-24-25-26-29-31-34-37-40-43-49(52)55-46-47(56-50(53)44-41-38-35-32-28-21-18-15-12-9-6-3)45-54-48(51)42-39-36-33-30-27-20-17-14-11-8-5-2/h7,10,14-21,23-24,26-29,47H,4-6,8-9,11-13,22,25,30-46H2,1-3H3/b10-7-,17-14-,18-15-,19-16-,24-23-,27-20-,28-21-,29-26-. The number of unbranched alkanes of at least 4 members (excludes halogenated alkanes) is 13. The van der Waals surface area contributed by atoms with Crippen molar-refractivity contribution in [1.82, 2.24) is 0 Å². The van der Waals surface area contributed by atoms with Crippen LogP contribution in [0.3, 0.4) is 0 Å². The molecule has 0 amide bonds. The van der Waals surface area contributed by atoms with Crippen molar-refractivity contribution in [2.75, 3.05) is 13.2 Å². The molecule has 0 aliphatic rings. The van der Waals surface area contributed by atoms with Crippen LogP contribution in [0.25, 0.3) is 0 Å². The normalized spacial score (nSPS) is 13.0. The van der Waals surface area contributed by atoms with Crippen molar-refractivity contribution in [1.29, 1.82) is 0 Å². The predicted octanol–water partition coefficient (Wildman–Crippen LogP) is 14.2. The second-order valence-electron chi connectivity index (χ2n) is 14.3.